The maximum Gasteiger partial charge on any atom is 0.283 e. The largest absolute Gasteiger partial charge is 0.383 e. The van der Waals surface area contributed by atoms with Crippen LogP contribution in [-0.2, 0) is 17.7 Å². The molecule has 0 unspecified atom stereocenters. The van der Waals surface area contributed by atoms with Crippen LogP contribution in [0.3, 0.4) is 0 Å². The molecule has 0 atom stereocenters. The molecule has 0 aliphatic rings. The van der Waals surface area contributed by atoms with Crippen LogP contribution in [0.25, 0.3) is 11.2 Å². The van der Waals surface area contributed by atoms with Crippen molar-refractivity contribution in [2.24, 2.45) is 0 Å². The molecule has 0 aliphatic carbocycles. The van der Waals surface area contributed by atoms with Crippen LogP contribution in [0.15, 0.2) is 53.5 Å². The van der Waals surface area contributed by atoms with E-state index in [0.29, 0.717) is 30.9 Å². The number of methoxy groups -OCH3 is 1. The number of nitrogens with zero attached hydrogens (tertiary/aromatic N) is 3. The summed E-state index contributed by atoms with van der Waals surface area (Å²) < 4.78 is 6.50. The minimum Gasteiger partial charge on any atom is -0.383 e. The molecule has 3 rings (SSSR count). The number of fused-ring (bicyclic) bond motifs is 1. The Labute approximate surface area is 157 Å². The van der Waals surface area contributed by atoms with Gasteiger partial charge in [-0.05, 0) is 30.5 Å². The van der Waals surface area contributed by atoms with E-state index < -0.39 is 11.5 Å². The first-order valence-corrected chi connectivity index (χ1v) is 8.87. The third-order valence-electron chi connectivity index (χ3n) is 4.21. The van der Waals surface area contributed by atoms with Gasteiger partial charge in [0.25, 0.3) is 11.5 Å². The molecule has 1 N–H and O–H groups in total. The van der Waals surface area contributed by atoms with Gasteiger partial charge in [-0.2, -0.15) is 0 Å². The second kappa shape index (κ2) is 9.05. The number of rotatable bonds is 8. The minimum atomic E-state index is -0.468. The molecule has 0 saturated carbocycles. The van der Waals surface area contributed by atoms with Gasteiger partial charge in [0.05, 0.1) is 13.2 Å². The van der Waals surface area contributed by atoms with Crippen molar-refractivity contribution >= 4 is 17.1 Å². The number of benzene rings is 1. The Balaban J connectivity index is 1.74. The van der Waals surface area contributed by atoms with Gasteiger partial charge < -0.3 is 10.1 Å². The van der Waals surface area contributed by atoms with Crippen LogP contribution in [-0.4, -0.2) is 40.7 Å². The Bertz CT molecular complexity index is 970. The molecule has 7 nitrogen and oxygen atoms in total. The summed E-state index contributed by atoms with van der Waals surface area (Å²) in [6, 6.07) is 13.5. The Hall–Kier alpha value is -3.06. The van der Waals surface area contributed by atoms with Crippen molar-refractivity contribution in [2.45, 2.75) is 19.4 Å². The number of carbonyl (C=O) groups excluding carboxylic acids is 1. The molecule has 0 bridgehead atoms. The highest BCUT2D eigenvalue weighted by Gasteiger charge is 2.17. The lowest BCUT2D eigenvalue weighted by atomic mass is 10.1. The van der Waals surface area contributed by atoms with Gasteiger partial charge in [0.1, 0.15) is 5.52 Å². The zero-order valence-corrected chi connectivity index (χ0v) is 15.2. The van der Waals surface area contributed by atoms with Gasteiger partial charge in [0.15, 0.2) is 11.3 Å². The fourth-order valence-electron chi connectivity index (χ4n) is 2.84. The van der Waals surface area contributed by atoms with Crippen LogP contribution < -0.4 is 10.9 Å². The lowest BCUT2D eigenvalue weighted by molar-refractivity contribution is 0.0946. The minimum absolute atomic E-state index is 0.119. The third-order valence-corrected chi connectivity index (χ3v) is 4.21. The van der Waals surface area contributed by atoms with Crippen LogP contribution in [0.2, 0.25) is 0 Å². The number of hydrogen-bond donors (Lipinski definition) is 1. The van der Waals surface area contributed by atoms with Gasteiger partial charge in [-0.15, -0.1) is 0 Å². The van der Waals surface area contributed by atoms with Gasteiger partial charge in [-0.25, -0.2) is 9.97 Å². The molecule has 3 aromatic rings. The number of nitrogens with one attached hydrogen (secondary N) is 1. The molecule has 1 amide bonds. The van der Waals surface area contributed by atoms with Crippen LogP contribution in [0.5, 0.6) is 0 Å². The fraction of sp³-hybridized carbons (Fsp3) is 0.300. The van der Waals surface area contributed by atoms with E-state index in [1.165, 1.54) is 10.1 Å². The number of ether oxygens (including phenoxy) is 1. The molecule has 2 heterocycles. The standard InChI is InChI=1S/C20H22N4O3/c1-27-14-13-24-18-16(10-6-11-21-18)23-17(20(24)26)19(25)22-12-5-9-15-7-3-2-4-8-15/h2-4,6-8,10-11H,5,9,12-14H2,1H3,(H,22,25). The van der Waals surface area contributed by atoms with Crippen molar-refractivity contribution in [3.63, 3.8) is 0 Å². The molecule has 27 heavy (non-hydrogen) atoms. The zero-order chi connectivity index (χ0) is 19.1. The molecule has 1 aromatic carbocycles. The van der Waals surface area contributed by atoms with E-state index in [9.17, 15) is 9.59 Å². The van der Waals surface area contributed by atoms with Gasteiger partial charge in [-0.3, -0.25) is 14.2 Å². The SMILES string of the molecule is COCCn1c(=O)c(C(=O)NCCCc2ccccc2)nc2cccnc21. The average molecular weight is 366 g/mol. The van der Waals surface area contributed by atoms with Gasteiger partial charge in [0, 0.05) is 19.9 Å². The quantitative estimate of drug-likeness (QED) is 0.615. The van der Waals surface area contributed by atoms with Crippen LogP contribution in [0.4, 0.5) is 0 Å². The normalized spacial score (nSPS) is 10.9. The van der Waals surface area contributed by atoms with Crippen molar-refractivity contribution in [3.05, 3.63) is 70.3 Å². The summed E-state index contributed by atoms with van der Waals surface area (Å²) in [6.07, 6.45) is 3.23. The van der Waals surface area contributed by atoms with E-state index in [0.717, 1.165) is 12.8 Å². The van der Waals surface area contributed by atoms with Crippen LogP contribution in [0.1, 0.15) is 22.5 Å². The van der Waals surface area contributed by atoms with Crippen molar-refractivity contribution < 1.29 is 9.53 Å². The summed E-state index contributed by atoms with van der Waals surface area (Å²) in [7, 11) is 1.56. The average Bonchev–Trinajstić information content (AvgIpc) is 2.71. The topological polar surface area (TPSA) is 86.1 Å². The number of carbonyl (C=O) groups is 1. The molecule has 0 spiro atoms. The third kappa shape index (κ3) is 4.57. The number of amides is 1. The predicted octanol–water partition coefficient (Wildman–Crippen LogP) is 1.80. The lowest BCUT2D eigenvalue weighted by Gasteiger charge is -2.11. The summed E-state index contributed by atoms with van der Waals surface area (Å²) >= 11 is 0. The molecule has 0 saturated heterocycles. The van der Waals surface area contributed by atoms with E-state index in [4.69, 9.17) is 4.74 Å². The highest BCUT2D eigenvalue weighted by Crippen LogP contribution is 2.07. The number of aromatic nitrogens is 3. The first-order chi connectivity index (χ1) is 13.2. The first kappa shape index (κ1) is 18.7. The number of hydrogen-bond acceptors (Lipinski definition) is 5. The van der Waals surface area contributed by atoms with E-state index in [1.54, 1.807) is 25.4 Å². The van der Waals surface area contributed by atoms with Crippen LogP contribution in [0, 0.1) is 0 Å². The van der Waals surface area contributed by atoms with Gasteiger partial charge >= 0.3 is 0 Å². The molecule has 2 aromatic heterocycles. The smallest absolute Gasteiger partial charge is 0.283 e. The molecule has 0 fully saturated rings. The number of aryl methyl sites for hydroxylation is 1. The summed E-state index contributed by atoms with van der Waals surface area (Å²) in [5.74, 6) is -0.468. The highest BCUT2D eigenvalue weighted by molar-refractivity contribution is 5.93. The molecule has 140 valence electrons. The summed E-state index contributed by atoms with van der Waals surface area (Å²) in [4.78, 5) is 33.7. The highest BCUT2D eigenvalue weighted by atomic mass is 16.5. The monoisotopic (exact) mass is 366 g/mol. The maximum atomic E-state index is 12.7. The zero-order valence-electron chi connectivity index (χ0n) is 15.2. The number of pyridine rings is 1. The van der Waals surface area contributed by atoms with Crippen LogP contribution >= 0.6 is 0 Å². The molecule has 0 aliphatic heterocycles. The maximum absolute atomic E-state index is 12.7. The Morgan fingerprint density at radius 2 is 2.00 bits per heavy atom. The first-order valence-electron chi connectivity index (χ1n) is 8.87. The van der Waals surface area contributed by atoms with E-state index in [-0.39, 0.29) is 5.69 Å². The van der Waals surface area contributed by atoms with Crippen molar-refractivity contribution in [3.8, 4) is 0 Å². The predicted molar refractivity (Wildman–Crippen MR) is 103 cm³/mol. The summed E-state index contributed by atoms with van der Waals surface area (Å²) in [5.41, 5.74) is 1.58. The van der Waals surface area contributed by atoms with Crippen molar-refractivity contribution in [2.75, 3.05) is 20.3 Å². The van der Waals surface area contributed by atoms with Gasteiger partial charge in [-0.1, -0.05) is 30.3 Å². The van der Waals surface area contributed by atoms with E-state index in [2.05, 4.69) is 15.3 Å². The van der Waals surface area contributed by atoms with E-state index in [1.807, 2.05) is 30.3 Å². The second-order valence-corrected chi connectivity index (χ2v) is 6.10. The molecule has 0 radical (unpaired) electrons. The Kier molecular flexibility index (Phi) is 6.27. The van der Waals surface area contributed by atoms with E-state index >= 15 is 0 Å². The second-order valence-electron chi connectivity index (χ2n) is 6.10. The Morgan fingerprint density at radius 1 is 1.19 bits per heavy atom. The fourth-order valence-corrected chi connectivity index (χ4v) is 2.84. The summed E-state index contributed by atoms with van der Waals surface area (Å²) in [6.45, 7) is 1.12. The Morgan fingerprint density at radius 3 is 2.78 bits per heavy atom. The van der Waals surface area contributed by atoms with Crippen molar-refractivity contribution in [1.29, 1.82) is 0 Å². The molecule has 7 heteroatoms. The van der Waals surface area contributed by atoms with Crippen molar-refractivity contribution in [1.82, 2.24) is 19.9 Å². The molecular formula is C20H22N4O3. The molecular weight excluding hydrogens is 344 g/mol. The summed E-state index contributed by atoms with van der Waals surface area (Å²) in [5, 5.41) is 2.79. The lowest BCUT2D eigenvalue weighted by Crippen LogP contribution is -2.36. The van der Waals surface area contributed by atoms with Gasteiger partial charge in [0.2, 0.25) is 0 Å².